The molecule has 4 heteroatoms. The number of hydrogen-bond acceptors (Lipinski definition) is 2. The molecule has 3 rings (SSSR count). The van der Waals surface area contributed by atoms with Crippen molar-refractivity contribution in [3.8, 4) is 0 Å². The second kappa shape index (κ2) is 8.70. The highest BCUT2D eigenvalue weighted by atomic mass is 35.5. The maximum absolute atomic E-state index is 12.5. The van der Waals surface area contributed by atoms with Crippen molar-refractivity contribution in [3.05, 3.63) is 35.9 Å². The predicted octanol–water partition coefficient (Wildman–Crippen LogP) is 3.59. The van der Waals surface area contributed by atoms with Crippen LogP contribution in [-0.4, -0.2) is 36.5 Å². The highest BCUT2D eigenvalue weighted by Gasteiger charge is 2.26. The molecule has 1 N–H and O–H groups in total. The fourth-order valence-corrected chi connectivity index (χ4v) is 3.28. The van der Waals surface area contributed by atoms with Gasteiger partial charge >= 0.3 is 0 Å². The van der Waals surface area contributed by atoms with E-state index in [4.69, 9.17) is 0 Å². The summed E-state index contributed by atoms with van der Waals surface area (Å²) < 4.78 is 0. The van der Waals surface area contributed by atoms with Gasteiger partial charge in [-0.15, -0.1) is 12.4 Å². The molecule has 1 saturated heterocycles. The maximum atomic E-state index is 12.5. The van der Waals surface area contributed by atoms with Crippen molar-refractivity contribution < 1.29 is 4.79 Å². The molecule has 3 nitrogen and oxygen atoms in total. The Bertz CT molecular complexity index is 481. The number of piperidine rings is 1. The molecule has 2 fully saturated rings. The third kappa shape index (κ3) is 5.50. The largest absolute Gasteiger partial charge is 0.343 e. The molecule has 1 aromatic carbocycles. The normalized spacial score (nSPS) is 20.0. The summed E-state index contributed by atoms with van der Waals surface area (Å²) in [4.78, 5) is 14.5. The standard InChI is InChI=1S/C19H28N2O.ClH/c1-15(17-5-3-2-4-6-17)13-19(22)21-11-9-18(10-12-21)20-14-16-7-8-16;/h2-6,15-16,18,20H,7-14H2,1H3;1H. The number of nitrogens with zero attached hydrogens (tertiary/aromatic N) is 1. The predicted molar refractivity (Wildman–Crippen MR) is 97.1 cm³/mol. The molecular weight excluding hydrogens is 308 g/mol. The van der Waals surface area contributed by atoms with Gasteiger partial charge in [0.2, 0.25) is 5.91 Å². The van der Waals surface area contributed by atoms with E-state index in [0.29, 0.717) is 24.3 Å². The van der Waals surface area contributed by atoms with Crippen LogP contribution in [0.1, 0.15) is 50.5 Å². The minimum Gasteiger partial charge on any atom is -0.343 e. The first kappa shape index (κ1) is 18.3. The molecule has 128 valence electrons. The molecule has 23 heavy (non-hydrogen) atoms. The van der Waals surface area contributed by atoms with Gasteiger partial charge in [-0.25, -0.2) is 0 Å². The van der Waals surface area contributed by atoms with E-state index in [1.54, 1.807) is 0 Å². The molecule has 2 aliphatic rings. The molecule has 0 bridgehead atoms. The molecule has 0 radical (unpaired) electrons. The minimum absolute atomic E-state index is 0. The Morgan fingerprint density at radius 3 is 2.43 bits per heavy atom. The summed E-state index contributed by atoms with van der Waals surface area (Å²) in [6.45, 7) is 5.17. The van der Waals surface area contributed by atoms with Crippen LogP contribution in [0.25, 0.3) is 0 Å². The van der Waals surface area contributed by atoms with Crippen molar-refractivity contribution in [1.82, 2.24) is 10.2 Å². The monoisotopic (exact) mass is 336 g/mol. The molecule has 0 aromatic heterocycles. The number of amides is 1. The SMILES string of the molecule is CC(CC(=O)N1CCC(NCC2CC2)CC1)c1ccccc1.Cl. The van der Waals surface area contributed by atoms with Crippen LogP contribution in [-0.2, 0) is 4.79 Å². The quantitative estimate of drug-likeness (QED) is 0.861. The number of rotatable bonds is 6. The zero-order valence-corrected chi connectivity index (χ0v) is 14.9. The van der Waals surface area contributed by atoms with Crippen molar-refractivity contribution in [1.29, 1.82) is 0 Å². The van der Waals surface area contributed by atoms with E-state index in [2.05, 4.69) is 29.3 Å². The van der Waals surface area contributed by atoms with Gasteiger partial charge in [0.05, 0.1) is 0 Å². The Kier molecular flexibility index (Phi) is 6.91. The number of carbonyl (C=O) groups is 1. The summed E-state index contributed by atoms with van der Waals surface area (Å²) in [5.41, 5.74) is 1.26. The third-order valence-corrected chi connectivity index (χ3v) is 5.09. The fourth-order valence-electron chi connectivity index (χ4n) is 3.28. The molecule has 0 spiro atoms. The van der Waals surface area contributed by atoms with Gasteiger partial charge in [-0.05, 0) is 49.6 Å². The number of hydrogen-bond donors (Lipinski definition) is 1. The summed E-state index contributed by atoms with van der Waals surface area (Å²) >= 11 is 0. The lowest BCUT2D eigenvalue weighted by Crippen LogP contribution is -2.45. The second-order valence-electron chi connectivity index (χ2n) is 7.02. The number of benzene rings is 1. The fraction of sp³-hybridized carbons (Fsp3) is 0.632. The van der Waals surface area contributed by atoms with Gasteiger partial charge in [-0.1, -0.05) is 37.3 Å². The van der Waals surface area contributed by atoms with Crippen molar-refractivity contribution in [2.75, 3.05) is 19.6 Å². The van der Waals surface area contributed by atoms with Gasteiger partial charge in [0, 0.05) is 25.6 Å². The highest BCUT2D eigenvalue weighted by Crippen LogP contribution is 2.28. The van der Waals surface area contributed by atoms with E-state index in [-0.39, 0.29) is 12.4 Å². The Morgan fingerprint density at radius 2 is 1.83 bits per heavy atom. The van der Waals surface area contributed by atoms with Crippen LogP contribution in [0.3, 0.4) is 0 Å². The molecule has 1 saturated carbocycles. The topological polar surface area (TPSA) is 32.3 Å². The van der Waals surface area contributed by atoms with Crippen molar-refractivity contribution in [2.24, 2.45) is 5.92 Å². The molecular formula is C19H29ClN2O. The molecule has 1 unspecified atom stereocenters. The first-order chi connectivity index (χ1) is 10.7. The van der Waals surface area contributed by atoms with Crippen molar-refractivity contribution in [2.45, 2.75) is 51.0 Å². The van der Waals surface area contributed by atoms with Crippen LogP contribution in [0.2, 0.25) is 0 Å². The summed E-state index contributed by atoms with van der Waals surface area (Å²) in [5.74, 6) is 1.56. The number of carbonyl (C=O) groups excluding carboxylic acids is 1. The Morgan fingerprint density at radius 1 is 1.17 bits per heavy atom. The smallest absolute Gasteiger partial charge is 0.223 e. The van der Waals surface area contributed by atoms with Gasteiger partial charge in [0.25, 0.3) is 0 Å². The minimum atomic E-state index is 0. The van der Waals surface area contributed by atoms with E-state index in [0.717, 1.165) is 31.8 Å². The molecule has 1 heterocycles. The lowest BCUT2D eigenvalue weighted by atomic mass is 9.96. The zero-order valence-electron chi connectivity index (χ0n) is 14.0. The van der Waals surface area contributed by atoms with Crippen LogP contribution < -0.4 is 5.32 Å². The van der Waals surface area contributed by atoms with Crippen LogP contribution in [0.4, 0.5) is 0 Å². The lowest BCUT2D eigenvalue weighted by Gasteiger charge is -2.33. The lowest BCUT2D eigenvalue weighted by molar-refractivity contribution is -0.132. The molecule has 1 aliphatic heterocycles. The Hall–Kier alpha value is -1.06. The van der Waals surface area contributed by atoms with E-state index >= 15 is 0 Å². The Balaban J connectivity index is 0.00000192. The van der Waals surface area contributed by atoms with Gasteiger partial charge in [0.15, 0.2) is 0 Å². The van der Waals surface area contributed by atoms with Gasteiger partial charge < -0.3 is 10.2 Å². The Labute approximate surface area is 146 Å². The van der Waals surface area contributed by atoms with E-state index in [1.165, 1.54) is 24.9 Å². The van der Waals surface area contributed by atoms with Crippen molar-refractivity contribution in [3.63, 3.8) is 0 Å². The zero-order chi connectivity index (χ0) is 15.4. The summed E-state index contributed by atoms with van der Waals surface area (Å²) in [7, 11) is 0. The maximum Gasteiger partial charge on any atom is 0.223 e. The van der Waals surface area contributed by atoms with Gasteiger partial charge in [0.1, 0.15) is 0 Å². The molecule has 1 aromatic rings. The third-order valence-electron chi connectivity index (χ3n) is 5.09. The first-order valence-corrected chi connectivity index (χ1v) is 8.78. The van der Waals surface area contributed by atoms with E-state index in [1.807, 2.05) is 18.2 Å². The average molecular weight is 337 g/mol. The molecule has 1 aliphatic carbocycles. The van der Waals surface area contributed by atoms with Crippen LogP contribution in [0.15, 0.2) is 30.3 Å². The van der Waals surface area contributed by atoms with E-state index in [9.17, 15) is 4.79 Å². The number of halogens is 1. The molecule has 1 atom stereocenters. The number of likely N-dealkylation sites (tertiary alicyclic amines) is 1. The summed E-state index contributed by atoms with van der Waals surface area (Å²) in [6.07, 6.45) is 5.66. The summed E-state index contributed by atoms with van der Waals surface area (Å²) in [5, 5.41) is 3.67. The summed E-state index contributed by atoms with van der Waals surface area (Å²) in [6, 6.07) is 11.0. The van der Waals surface area contributed by atoms with Crippen LogP contribution in [0.5, 0.6) is 0 Å². The molecule has 1 amide bonds. The average Bonchev–Trinajstić information content (AvgIpc) is 3.38. The first-order valence-electron chi connectivity index (χ1n) is 8.78. The highest BCUT2D eigenvalue weighted by molar-refractivity contribution is 5.85. The van der Waals surface area contributed by atoms with Crippen LogP contribution in [0, 0.1) is 5.92 Å². The van der Waals surface area contributed by atoms with Crippen LogP contribution >= 0.6 is 12.4 Å². The number of nitrogens with one attached hydrogen (secondary N) is 1. The van der Waals surface area contributed by atoms with Gasteiger partial charge in [-0.3, -0.25) is 4.79 Å². The van der Waals surface area contributed by atoms with Gasteiger partial charge in [-0.2, -0.15) is 0 Å². The van der Waals surface area contributed by atoms with Crippen molar-refractivity contribution >= 4 is 18.3 Å². The second-order valence-corrected chi connectivity index (χ2v) is 7.02. The van der Waals surface area contributed by atoms with E-state index < -0.39 is 0 Å².